The summed E-state index contributed by atoms with van der Waals surface area (Å²) in [5.41, 5.74) is 0. The fourth-order valence-electron chi connectivity index (χ4n) is 0.781. The van der Waals surface area contributed by atoms with Gasteiger partial charge in [0.1, 0.15) is 0 Å². The fraction of sp³-hybridized carbons (Fsp3) is 0.833. The maximum Gasteiger partial charge on any atom is 0.0619 e. The highest BCUT2D eigenvalue weighted by molar-refractivity contribution is 8.06. The van der Waals surface area contributed by atoms with E-state index in [0.29, 0.717) is 5.25 Å². The van der Waals surface area contributed by atoms with Crippen LogP contribution in [0.2, 0.25) is 0 Å². The van der Waals surface area contributed by atoms with Crippen LogP contribution >= 0.6 is 35.7 Å². The minimum Gasteiger partial charge on any atom is -0.231 e. The molecule has 0 spiro atoms. The molecule has 1 atom stereocenters. The number of aliphatic imine (C=N–C) groups is 1. The van der Waals surface area contributed by atoms with Crippen molar-refractivity contribution >= 4 is 40.9 Å². The van der Waals surface area contributed by atoms with Gasteiger partial charge >= 0.3 is 0 Å². The molecule has 4 heteroatoms. The molecule has 1 aliphatic rings. The fourth-order valence-corrected chi connectivity index (χ4v) is 3.43. The summed E-state index contributed by atoms with van der Waals surface area (Å²) in [4.78, 5) is 3.93. The Balaban J connectivity index is 2.19. The van der Waals surface area contributed by atoms with E-state index in [1.807, 2.05) is 23.5 Å². The van der Waals surface area contributed by atoms with Gasteiger partial charge in [0.05, 0.1) is 11.7 Å². The summed E-state index contributed by atoms with van der Waals surface area (Å²) in [5.74, 6) is 3.79. The average molecular weight is 191 g/mol. The van der Waals surface area contributed by atoms with Crippen molar-refractivity contribution in [3.05, 3.63) is 0 Å². The van der Waals surface area contributed by atoms with Crippen LogP contribution in [-0.2, 0) is 0 Å². The van der Waals surface area contributed by atoms with Crippen molar-refractivity contribution < 1.29 is 0 Å². The molecule has 0 aromatic carbocycles. The zero-order chi connectivity index (χ0) is 7.23. The van der Waals surface area contributed by atoms with Gasteiger partial charge in [0.15, 0.2) is 0 Å². The first-order valence-electron chi connectivity index (χ1n) is 3.16. The van der Waals surface area contributed by atoms with E-state index < -0.39 is 0 Å². The van der Waals surface area contributed by atoms with Crippen LogP contribution in [0.4, 0.5) is 0 Å². The SMILES string of the molecule is S=C=NCC1CSCCS1. The second-order valence-electron chi connectivity index (χ2n) is 2.00. The smallest absolute Gasteiger partial charge is 0.0619 e. The van der Waals surface area contributed by atoms with Crippen molar-refractivity contribution in [3.63, 3.8) is 0 Å². The Morgan fingerprint density at radius 2 is 2.50 bits per heavy atom. The third kappa shape index (κ3) is 3.06. The van der Waals surface area contributed by atoms with Gasteiger partial charge in [-0.25, -0.2) is 4.99 Å². The van der Waals surface area contributed by atoms with Crippen molar-refractivity contribution in [2.24, 2.45) is 4.99 Å². The van der Waals surface area contributed by atoms with Gasteiger partial charge in [0.25, 0.3) is 0 Å². The summed E-state index contributed by atoms with van der Waals surface area (Å²) in [7, 11) is 0. The van der Waals surface area contributed by atoms with Crippen LogP contribution in [0.5, 0.6) is 0 Å². The quantitative estimate of drug-likeness (QED) is 0.489. The number of isothiocyanates is 1. The highest BCUT2D eigenvalue weighted by atomic mass is 32.2. The summed E-state index contributed by atoms with van der Waals surface area (Å²) in [5, 5.41) is 3.09. The standard InChI is InChI=1S/C6H9NS3/c8-5-7-3-6-4-9-1-2-10-6/h6H,1-4H2. The van der Waals surface area contributed by atoms with Crippen molar-refractivity contribution in [2.75, 3.05) is 23.8 Å². The van der Waals surface area contributed by atoms with Crippen LogP contribution in [0.1, 0.15) is 0 Å². The van der Waals surface area contributed by atoms with E-state index in [9.17, 15) is 0 Å². The summed E-state index contributed by atoms with van der Waals surface area (Å²) in [6.07, 6.45) is 0. The number of rotatable bonds is 2. The van der Waals surface area contributed by atoms with Gasteiger partial charge in [0, 0.05) is 22.5 Å². The molecule has 1 heterocycles. The van der Waals surface area contributed by atoms with E-state index >= 15 is 0 Å². The van der Waals surface area contributed by atoms with Crippen LogP contribution in [-0.4, -0.2) is 34.2 Å². The molecule has 0 aromatic heterocycles. The van der Waals surface area contributed by atoms with Crippen LogP contribution in [0.25, 0.3) is 0 Å². The topological polar surface area (TPSA) is 12.4 Å². The molecule has 1 rings (SSSR count). The lowest BCUT2D eigenvalue weighted by molar-refractivity contribution is 0.964. The summed E-state index contributed by atoms with van der Waals surface area (Å²) < 4.78 is 0. The minimum absolute atomic E-state index is 0.689. The molecule has 0 bridgehead atoms. The Hall–Kier alpha value is 0.500. The molecular weight excluding hydrogens is 182 g/mol. The molecule has 0 saturated carbocycles. The van der Waals surface area contributed by atoms with Crippen LogP contribution in [0.15, 0.2) is 4.99 Å². The highest BCUT2D eigenvalue weighted by Crippen LogP contribution is 2.23. The molecular formula is C6H9NS3. The molecule has 0 aromatic rings. The maximum absolute atomic E-state index is 4.49. The molecule has 0 radical (unpaired) electrons. The van der Waals surface area contributed by atoms with Crippen molar-refractivity contribution in [1.29, 1.82) is 0 Å². The summed E-state index contributed by atoms with van der Waals surface area (Å²) in [6.45, 7) is 0.862. The number of thioether (sulfide) groups is 2. The first-order chi connectivity index (χ1) is 4.93. The first-order valence-corrected chi connectivity index (χ1v) is 5.77. The molecule has 0 amide bonds. The lowest BCUT2D eigenvalue weighted by Gasteiger charge is -2.17. The average Bonchev–Trinajstić information content (AvgIpc) is 2.03. The van der Waals surface area contributed by atoms with Gasteiger partial charge < -0.3 is 0 Å². The first kappa shape index (κ1) is 8.60. The highest BCUT2D eigenvalue weighted by Gasteiger charge is 2.12. The molecule has 1 unspecified atom stereocenters. The Kier molecular flexibility index (Phi) is 4.46. The number of hydrogen-bond acceptors (Lipinski definition) is 4. The predicted octanol–water partition coefficient (Wildman–Crippen LogP) is 1.94. The predicted molar refractivity (Wildman–Crippen MR) is 53.5 cm³/mol. The number of thiocarbonyl (C=S) groups is 1. The van der Waals surface area contributed by atoms with Gasteiger partial charge in [-0.1, -0.05) is 0 Å². The van der Waals surface area contributed by atoms with Crippen molar-refractivity contribution in [2.45, 2.75) is 5.25 Å². The molecule has 10 heavy (non-hydrogen) atoms. The van der Waals surface area contributed by atoms with Gasteiger partial charge in [-0.05, 0) is 12.2 Å². The van der Waals surface area contributed by atoms with E-state index in [2.05, 4.69) is 22.4 Å². The van der Waals surface area contributed by atoms with Gasteiger partial charge in [-0.3, -0.25) is 0 Å². The zero-order valence-electron chi connectivity index (χ0n) is 5.58. The molecule has 1 nitrogen and oxygen atoms in total. The van der Waals surface area contributed by atoms with E-state index in [1.54, 1.807) is 0 Å². The Morgan fingerprint density at radius 1 is 1.60 bits per heavy atom. The lowest BCUT2D eigenvalue weighted by Crippen LogP contribution is -2.16. The minimum atomic E-state index is 0.689. The third-order valence-corrected chi connectivity index (χ3v) is 4.20. The van der Waals surface area contributed by atoms with Crippen molar-refractivity contribution in [1.82, 2.24) is 0 Å². The normalized spacial score (nSPS) is 25.4. The van der Waals surface area contributed by atoms with E-state index in [1.165, 1.54) is 17.3 Å². The molecule has 1 aliphatic heterocycles. The largest absolute Gasteiger partial charge is 0.231 e. The lowest BCUT2D eigenvalue weighted by atomic mass is 10.5. The Morgan fingerprint density at radius 3 is 3.10 bits per heavy atom. The van der Waals surface area contributed by atoms with Crippen LogP contribution < -0.4 is 0 Å². The Labute approximate surface area is 75.1 Å². The molecule has 1 saturated heterocycles. The third-order valence-electron chi connectivity index (χ3n) is 1.24. The van der Waals surface area contributed by atoms with Gasteiger partial charge in [-0.2, -0.15) is 23.5 Å². The van der Waals surface area contributed by atoms with Crippen molar-refractivity contribution in [3.8, 4) is 0 Å². The second kappa shape index (κ2) is 5.19. The summed E-state index contributed by atoms with van der Waals surface area (Å²) >= 11 is 8.50. The van der Waals surface area contributed by atoms with E-state index in [4.69, 9.17) is 0 Å². The summed E-state index contributed by atoms with van der Waals surface area (Å²) in [6, 6.07) is 0. The Bertz CT molecular complexity index is 136. The molecule has 0 aliphatic carbocycles. The number of hydrogen-bond donors (Lipinski definition) is 0. The zero-order valence-corrected chi connectivity index (χ0v) is 8.03. The van der Waals surface area contributed by atoms with Crippen LogP contribution in [0.3, 0.4) is 0 Å². The van der Waals surface area contributed by atoms with Gasteiger partial charge in [0.2, 0.25) is 0 Å². The molecule has 0 N–H and O–H groups in total. The molecule has 1 fully saturated rings. The monoisotopic (exact) mass is 191 g/mol. The molecule has 56 valence electrons. The van der Waals surface area contributed by atoms with E-state index in [0.717, 1.165) is 6.54 Å². The van der Waals surface area contributed by atoms with E-state index in [-0.39, 0.29) is 0 Å². The van der Waals surface area contributed by atoms with Crippen LogP contribution in [0, 0.1) is 0 Å². The number of nitrogens with zero attached hydrogens (tertiary/aromatic N) is 1. The van der Waals surface area contributed by atoms with Gasteiger partial charge in [-0.15, -0.1) is 0 Å². The maximum atomic E-state index is 4.49. The second-order valence-corrected chi connectivity index (χ2v) is 4.74.